The Hall–Kier alpha value is -3.64. The molecule has 0 bridgehead atoms. The predicted molar refractivity (Wildman–Crippen MR) is 166 cm³/mol. The predicted octanol–water partition coefficient (Wildman–Crippen LogP) is 10.9. The van der Waals surface area contributed by atoms with Crippen LogP contribution in [0.4, 0.5) is 0 Å². The topological polar surface area (TPSA) is 0 Å². The molecule has 0 atom stereocenters. The lowest BCUT2D eigenvalue weighted by atomic mass is 9.79. The second-order valence-electron chi connectivity index (χ2n) is 10.5. The molecule has 0 radical (unpaired) electrons. The Morgan fingerprint density at radius 2 is 1.41 bits per heavy atom. The molecule has 37 heavy (non-hydrogen) atoms. The van der Waals surface area contributed by atoms with Crippen molar-refractivity contribution < 1.29 is 0 Å². The fourth-order valence-corrected chi connectivity index (χ4v) is 4.50. The molecule has 0 N–H and O–H groups in total. The van der Waals surface area contributed by atoms with Gasteiger partial charge in [-0.3, -0.25) is 0 Å². The van der Waals surface area contributed by atoms with Crippen LogP contribution in [0.25, 0.3) is 22.8 Å². The third kappa shape index (κ3) is 7.20. The van der Waals surface area contributed by atoms with Crippen LogP contribution in [-0.4, -0.2) is 0 Å². The largest absolute Gasteiger partial charge is 0.0877 e. The average molecular weight is 487 g/mol. The Morgan fingerprint density at radius 3 is 2.08 bits per heavy atom. The molecule has 3 aromatic carbocycles. The van der Waals surface area contributed by atoms with Gasteiger partial charge in [-0.15, -0.1) is 0 Å². The van der Waals surface area contributed by atoms with Gasteiger partial charge in [0.2, 0.25) is 0 Å². The van der Waals surface area contributed by atoms with Crippen LogP contribution in [0.2, 0.25) is 0 Å². The number of allylic oxidation sites excluding steroid dienone is 9. The Bertz CT molecular complexity index is 1350. The first-order chi connectivity index (χ1) is 17.8. The van der Waals surface area contributed by atoms with E-state index in [-0.39, 0.29) is 5.41 Å². The van der Waals surface area contributed by atoms with Crippen molar-refractivity contribution in [3.05, 3.63) is 143 Å². The SMILES string of the molecule is C/C=C\C=C/C(/C=C\C(=C\c1ccccc1C(C)(C)CC)c1ccccc1-c1ccccc1C)=C(C)C. The van der Waals surface area contributed by atoms with Crippen LogP contribution in [0.1, 0.15) is 70.2 Å². The van der Waals surface area contributed by atoms with Gasteiger partial charge in [-0.2, -0.15) is 0 Å². The van der Waals surface area contributed by atoms with Gasteiger partial charge >= 0.3 is 0 Å². The van der Waals surface area contributed by atoms with Crippen LogP contribution in [0.3, 0.4) is 0 Å². The average Bonchev–Trinajstić information content (AvgIpc) is 2.90. The molecule has 3 rings (SSSR count). The molecule has 0 saturated carbocycles. The third-order valence-corrected chi connectivity index (χ3v) is 7.16. The van der Waals surface area contributed by atoms with Crippen molar-refractivity contribution in [2.75, 3.05) is 0 Å². The molecule has 0 heteroatoms. The van der Waals surface area contributed by atoms with E-state index in [2.05, 4.69) is 157 Å². The second-order valence-corrected chi connectivity index (χ2v) is 10.5. The van der Waals surface area contributed by atoms with E-state index in [0.717, 1.165) is 6.42 Å². The van der Waals surface area contributed by atoms with Crippen LogP contribution in [0.15, 0.2) is 120 Å². The summed E-state index contributed by atoms with van der Waals surface area (Å²) in [4.78, 5) is 0. The Morgan fingerprint density at radius 1 is 0.757 bits per heavy atom. The number of hydrogen-bond donors (Lipinski definition) is 0. The first kappa shape index (κ1) is 27.9. The molecule has 0 aromatic heterocycles. The first-order valence-electron chi connectivity index (χ1n) is 13.4. The van der Waals surface area contributed by atoms with Gasteiger partial charge in [0.15, 0.2) is 0 Å². The van der Waals surface area contributed by atoms with E-state index in [0.29, 0.717) is 0 Å². The third-order valence-electron chi connectivity index (χ3n) is 7.16. The van der Waals surface area contributed by atoms with Crippen molar-refractivity contribution in [3.63, 3.8) is 0 Å². The van der Waals surface area contributed by atoms with Crippen molar-refractivity contribution in [1.82, 2.24) is 0 Å². The summed E-state index contributed by atoms with van der Waals surface area (Å²) in [5.41, 5.74) is 11.5. The summed E-state index contributed by atoms with van der Waals surface area (Å²) in [6.45, 7) is 15.5. The van der Waals surface area contributed by atoms with Gasteiger partial charge in [-0.05, 0) is 90.1 Å². The van der Waals surface area contributed by atoms with E-state index in [9.17, 15) is 0 Å². The van der Waals surface area contributed by atoms with E-state index in [4.69, 9.17) is 0 Å². The van der Waals surface area contributed by atoms with Crippen LogP contribution < -0.4 is 0 Å². The van der Waals surface area contributed by atoms with E-state index in [1.165, 1.54) is 50.1 Å². The maximum atomic E-state index is 2.37. The van der Waals surface area contributed by atoms with Crippen molar-refractivity contribution >= 4 is 11.6 Å². The summed E-state index contributed by atoms with van der Waals surface area (Å²) in [6, 6.07) is 26.3. The number of hydrogen-bond acceptors (Lipinski definition) is 0. The van der Waals surface area contributed by atoms with Gasteiger partial charge < -0.3 is 0 Å². The molecule has 0 saturated heterocycles. The van der Waals surface area contributed by atoms with Crippen LogP contribution in [-0.2, 0) is 5.41 Å². The monoisotopic (exact) mass is 486 g/mol. The molecule has 0 heterocycles. The van der Waals surface area contributed by atoms with Gasteiger partial charge in [0.1, 0.15) is 0 Å². The molecular weight excluding hydrogens is 444 g/mol. The summed E-state index contributed by atoms with van der Waals surface area (Å²) < 4.78 is 0. The zero-order valence-electron chi connectivity index (χ0n) is 23.7. The zero-order chi connectivity index (χ0) is 26.8. The minimum Gasteiger partial charge on any atom is -0.0877 e. The molecule has 0 amide bonds. The highest BCUT2D eigenvalue weighted by atomic mass is 14.2. The second kappa shape index (κ2) is 13.1. The quantitative estimate of drug-likeness (QED) is 0.208. The molecule has 0 unspecified atom stereocenters. The normalized spacial score (nSPS) is 12.7. The summed E-state index contributed by atoms with van der Waals surface area (Å²) in [6.07, 6.45) is 16.4. The van der Waals surface area contributed by atoms with E-state index >= 15 is 0 Å². The molecule has 0 fully saturated rings. The van der Waals surface area contributed by atoms with Crippen LogP contribution in [0, 0.1) is 6.92 Å². The summed E-state index contributed by atoms with van der Waals surface area (Å²) in [5, 5.41) is 0. The van der Waals surface area contributed by atoms with E-state index in [1.54, 1.807) is 0 Å². The van der Waals surface area contributed by atoms with Crippen molar-refractivity contribution in [2.24, 2.45) is 0 Å². The van der Waals surface area contributed by atoms with Gasteiger partial charge in [0.25, 0.3) is 0 Å². The Kier molecular flexibility index (Phi) is 9.86. The number of rotatable bonds is 9. The standard InChI is InChI=1S/C37H42/c1-8-10-11-19-30(28(3)4)25-26-31(27-32-20-13-17-24-36(32)37(6,7)9-2)34-22-15-16-23-35(34)33-21-14-12-18-29(33)5/h8,10-27H,9H2,1-7H3/b10-8-,19-11-,26-25-,31-27-. The summed E-state index contributed by atoms with van der Waals surface area (Å²) in [7, 11) is 0. The highest BCUT2D eigenvalue weighted by Crippen LogP contribution is 2.36. The minimum absolute atomic E-state index is 0.0950. The number of benzene rings is 3. The highest BCUT2D eigenvalue weighted by molar-refractivity contribution is 5.94. The molecule has 190 valence electrons. The van der Waals surface area contributed by atoms with E-state index in [1.807, 2.05) is 6.92 Å². The van der Waals surface area contributed by atoms with Crippen molar-refractivity contribution in [1.29, 1.82) is 0 Å². The molecular formula is C37H42. The summed E-state index contributed by atoms with van der Waals surface area (Å²) >= 11 is 0. The van der Waals surface area contributed by atoms with Gasteiger partial charge in [-0.1, -0.05) is 136 Å². The first-order valence-corrected chi connectivity index (χ1v) is 13.4. The van der Waals surface area contributed by atoms with Gasteiger partial charge in [0.05, 0.1) is 0 Å². The summed E-state index contributed by atoms with van der Waals surface area (Å²) in [5.74, 6) is 0. The molecule has 0 aliphatic heterocycles. The Labute approximate surface area is 225 Å². The van der Waals surface area contributed by atoms with Crippen LogP contribution >= 0.6 is 0 Å². The fourth-order valence-electron chi connectivity index (χ4n) is 4.50. The maximum absolute atomic E-state index is 2.37. The Balaban J connectivity index is 2.28. The maximum Gasteiger partial charge on any atom is -0.0100 e. The number of aryl methyl sites for hydroxylation is 1. The van der Waals surface area contributed by atoms with Gasteiger partial charge in [0, 0.05) is 0 Å². The fraction of sp³-hybridized carbons (Fsp3) is 0.243. The highest BCUT2D eigenvalue weighted by Gasteiger charge is 2.21. The molecule has 0 aliphatic rings. The van der Waals surface area contributed by atoms with Gasteiger partial charge in [-0.25, -0.2) is 0 Å². The zero-order valence-corrected chi connectivity index (χ0v) is 23.7. The van der Waals surface area contributed by atoms with Crippen molar-refractivity contribution in [3.8, 4) is 11.1 Å². The molecule has 0 nitrogen and oxygen atoms in total. The lowest BCUT2D eigenvalue weighted by molar-refractivity contribution is 0.505. The molecule has 0 spiro atoms. The lowest BCUT2D eigenvalue weighted by Gasteiger charge is -2.26. The molecule has 0 aliphatic carbocycles. The minimum atomic E-state index is 0.0950. The van der Waals surface area contributed by atoms with Crippen molar-refractivity contribution in [2.45, 2.75) is 60.3 Å². The lowest BCUT2D eigenvalue weighted by Crippen LogP contribution is -2.16. The smallest absolute Gasteiger partial charge is 0.0100 e. The molecule has 3 aromatic rings. The van der Waals surface area contributed by atoms with E-state index < -0.39 is 0 Å². The van der Waals surface area contributed by atoms with Crippen LogP contribution in [0.5, 0.6) is 0 Å².